The number of anilines is 1. The second kappa shape index (κ2) is 10.2. The summed E-state index contributed by atoms with van der Waals surface area (Å²) in [5, 5.41) is 6.73. The largest absolute Gasteiger partial charge is 0.373 e. The van der Waals surface area contributed by atoms with Crippen LogP contribution in [-0.4, -0.2) is 65.4 Å². The zero-order valence-electron chi connectivity index (χ0n) is 19.8. The molecule has 0 aliphatic carbocycles. The summed E-state index contributed by atoms with van der Waals surface area (Å²) >= 11 is 0. The monoisotopic (exact) mass is 448 g/mol. The fourth-order valence-corrected chi connectivity index (χ4v) is 5.38. The first-order valence-corrected chi connectivity index (χ1v) is 12.6. The van der Waals surface area contributed by atoms with Crippen molar-refractivity contribution in [3.05, 3.63) is 52.5 Å². The number of amides is 1. The Bertz CT molecular complexity index is 946. The summed E-state index contributed by atoms with van der Waals surface area (Å²) in [6.07, 6.45) is 7.02. The molecule has 0 radical (unpaired) electrons. The molecule has 5 rings (SSSR count). The van der Waals surface area contributed by atoms with Crippen LogP contribution in [0, 0.1) is 0 Å². The van der Waals surface area contributed by atoms with Crippen LogP contribution in [0.4, 0.5) is 5.82 Å². The number of rotatable bonds is 5. The van der Waals surface area contributed by atoms with Gasteiger partial charge in [0.25, 0.3) is 5.91 Å². The molecule has 0 unspecified atom stereocenters. The SMILES string of the molecule is CNc1nc([C@@H]2CCCNC2)nc2c1CN(C(=O)c1ccc(CN3CCCCC3)cc1)CC2. The van der Waals surface area contributed by atoms with Gasteiger partial charge in [-0.15, -0.1) is 0 Å². The van der Waals surface area contributed by atoms with Crippen molar-refractivity contribution in [2.24, 2.45) is 0 Å². The van der Waals surface area contributed by atoms with Gasteiger partial charge in [-0.3, -0.25) is 9.69 Å². The predicted octanol–water partition coefficient (Wildman–Crippen LogP) is 3.17. The van der Waals surface area contributed by atoms with E-state index in [4.69, 9.17) is 9.97 Å². The number of fused-ring (bicyclic) bond motifs is 1. The van der Waals surface area contributed by atoms with Crippen LogP contribution >= 0.6 is 0 Å². The molecule has 3 aliphatic rings. The van der Waals surface area contributed by atoms with E-state index >= 15 is 0 Å². The number of carbonyl (C=O) groups is 1. The lowest BCUT2D eigenvalue weighted by molar-refractivity contribution is 0.0733. The first-order valence-electron chi connectivity index (χ1n) is 12.6. The second-order valence-electron chi connectivity index (χ2n) is 9.66. The lowest BCUT2D eigenvalue weighted by atomic mass is 9.97. The van der Waals surface area contributed by atoms with Crippen LogP contribution < -0.4 is 10.6 Å². The molecule has 176 valence electrons. The van der Waals surface area contributed by atoms with Crippen LogP contribution in [0.25, 0.3) is 0 Å². The Hall–Kier alpha value is -2.51. The molecule has 1 atom stereocenters. The Morgan fingerprint density at radius 2 is 1.91 bits per heavy atom. The third-order valence-electron chi connectivity index (χ3n) is 7.32. The molecule has 4 heterocycles. The maximum absolute atomic E-state index is 13.3. The van der Waals surface area contributed by atoms with Crippen LogP contribution in [0.2, 0.25) is 0 Å². The highest BCUT2D eigenvalue weighted by Crippen LogP contribution is 2.29. The molecule has 1 aromatic carbocycles. The Kier molecular flexibility index (Phi) is 6.88. The molecule has 7 nitrogen and oxygen atoms in total. The van der Waals surface area contributed by atoms with Gasteiger partial charge in [-0.1, -0.05) is 18.6 Å². The van der Waals surface area contributed by atoms with E-state index in [9.17, 15) is 4.79 Å². The fourth-order valence-electron chi connectivity index (χ4n) is 5.38. The molecule has 33 heavy (non-hydrogen) atoms. The number of hydrogen-bond donors (Lipinski definition) is 2. The van der Waals surface area contributed by atoms with E-state index in [0.29, 0.717) is 19.0 Å². The van der Waals surface area contributed by atoms with Gasteiger partial charge >= 0.3 is 0 Å². The summed E-state index contributed by atoms with van der Waals surface area (Å²) in [6.45, 7) is 6.63. The lowest BCUT2D eigenvalue weighted by Crippen LogP contribution is -2.37. The molecule has 2 saturated heterocycles. The van der Waals surface area contributed by atoms with E-state index in [1.807, 2.05) is 24.1 Å². The molecule has 0 saturated carbocycles. The third-order valence-corrected chi connectivity index (χ3v) is 7.32. The minimum atomic E-state index is 0.0905. The van der Waals surface area contributed by atoms with Crippen LogP contribution in [0.5, 0.6) is 0 Å². The first kappa shape index (κ1) is 22.3. The number of piperidine rings is 2. The van der Waals surface area contributed by atoms with Gasteiger partial charge in [-0.2, -0.15) is 0 Å². The van der Waals surface area contributed by atoms with E-state index in [2.05, 4.69) is 27.7 Å². The van der Waals surface area contributed by atoms with Gasteiger partial charge < -0.3 is 15.5 Å². The number of carbonyl (C=O) groups excluding carboxylic acids is 1. The number of benzene rings is 1. The lowest BCUT2D eigenvalue weighted by Gasteiger charge is -2.31. The van der Waals surface area contributed by atoms with Gasteiger partial charge in [-0.05, 0) is 63.0 Å². The number of nitrogens with one attached hydrogen (secondary N) is 2. The molecule has 2 aromatic rings. The molecule has 2 fully saturated rings. The van der Waals surface area contributed by atoms with E-state index in [0.717, 1.165) is 60.9 Å². The van der Waals surface area contributed by atoms with Gasteiger partial charge in [0.2, 0.25) is 0 Å². The maximum Gasteiger partial charge on any atom is 0.254 e. The van der Waals surface area contributed by atoms with Crippen LogP contribution in [-0.2, 0) is 19.5 Å². The number of hydrogen-bond acceptors (Lipinski definition) is 6. The first-order chi connectivity index (χ1) is 16.2. The van der Waals surface area contributed by atoms with Crippen LogP contribution in [0.3, 0.4) is 0 Å². The molecular formula is C26H36N6O. The molecule has 0 bridgehead atoms. The maximum atomic E-state index is 13.3. The molecule has 1 aromatic heterocycles. The van der Waals surface area contributed by atoms with Crippen molar-refractivity contribution in [3.8, 4) is 0 Å². The minimum Gasteiger partial charge on any atom is -0.373 e. The minimum absolute atomic E-state index is 0.0905. The normalized spacial score (nSPS) is 21.5. The van der Waals surface area contributed by atoms with Crippen molar-refractivity contribution in [2.75, 3.05) is 45.1 Å². The number of nitrogens with zero attached hydrogens (tertiary/aromatic N) is 4. The summed E-state index contributed by atoms with van der Waals surface area (Å²) in [6, 6.07) is 8.22. The zero-order chi connectivity index (χ0) is 22.6. The average Bonchev–Trinajstić information content (AvgIpc) is 2.89. The van der Waals surface area contributed by atoms with Crippen molar-refractivity contribution < 1.29 is 4.79 Å². The quantitative estimate of drug-likeness (QED) is 0.732. The van der Waals surface area contributed by atoms with Gasteiger partial charge in [0, 0.05) is 50.1 Å². The summed E-state index contributed by atoms with van der Waals surface area (Å²) in [4.78, 5) is 27.5. The van der Waals surface area contributed by atoms with Gasteiger partial charge in [-0.25, -0.2) is 9.97 Å². The topological polar surface area (TPSA) is 73.4 Å². The summed E-state index contributed by atoms with van der Waals surface area (Å²) in [5.74, 6) is 2.27. The highest BCUT2D eigenvalue weighted by atomic mass is 16.2. The van der Waals surface area contributed by atoms with Crippen molar-refractivity contribution in [1.29, 1.82) is 0 Å². The Morgan fingerprint density at radius 3 is 2.64 bits per heavy atom. The van der Waals surface area contributed by atoms with E-state index in [1.165, 1.54) is 44.3 Å². The van der Waals surface area contributed by atoms with Crippen molar-refractivity contribution in [1.82, 2.24) is 25.1 Å². The van der Waals surface area contributed by atoms with E-state index in [-0.39, 0.29) is 5.91 Å². The number of aromatic nitrogens is 2. The van der Waals surface area contributed by atoms with Crippen molar-refractivity contribution >= 4 is 11.7 Å². The smallest absolute Gasteiger partial charge is 0.254 e. The standard InChI is InChI=1S/C26H36N6O/c1-27-25-22-18-32(15-11-23(22)29-24(30-25)21-6-5-12-28-16-21)26(33)20-9-7-19(8-10-20)17-31-13-3-2-4-14-31/h7-10,21,28H,2-6,11-18H2,1H3,(H,27,29,30)/t21-/m1/s1. The molecule has 7 heteroatoms. The van der Waals surface area contributed by atoms with Crippen molar-refractivity contribution in [3.63, 3.8) is 0 Å². The molecule has 2 N–H and O–H groups in total. The highest BCUT2D eigenvalue weighted by molar-refractivity contribution is 5.94. The summed E-state index contributed by atoms with van der Waals surface area (Å²) < 4.78 is 0. The van der Waals surface area contributed by atoms with Crippen LogP contribution in [0.15, 0.2) is 24.3 Å². The fraction of sp³-hybridized carbons (Fsp3) is 0.577. The average molecular weight is 449 g/mol. The Balaban J connectivity index is 1.27. The van der Waals surface area contributed by atoms with Gasteiger partial charge in [0.15, 0.2) is 0 Å². The Labute approximate surface area is 197 Å². The Morgan fingerprint density at radius 1 is 1.09 bits per heavy atom. The second-order valence-corrected chi connectivity index (χ2v) is 9.66. The van der Waals surface area contributed by atoms with E-state index in [1.54, 1.807) is 0 Å². The van der Waals surface area contributed by atoms with Crippen LogP contribution in [0.1, 0.15) is 71.0 Å². The molecule has 1 amide bonds. The molecule has 3 aliphatic heterocycles. The summed E-state index contributed by atoms with van der Waals surface area (Å²) in [7, 11) is 1.91. The molecular weight excluding hydrogens is 412 g/mol. The third kappa shape index (κ3) is 5.04. The number of likely N-dealkylation sites (tertiary alicyclic amines) is 1. The summed E-state index contributed by atoms with van der Waals surface area (Å²) in [5.41, 5.74) is 4.20. The van der Waals surface area contributed by atoms with E-state index < -0.39 is 0 Å². The zero-order valence-corrected chi connectivity index (χ0v) is 19.8. The molecule has 0 spiro atoms. The predicted molar refractivity (Wildman–Crippen MR) is 130 cm³/mol. The highest BCUT2D eigenvalue weighted by Gasteiger charge is 2.28. The van der Waals surface area contributed by atoms with Crippen molar-refractivity contribution in [2.45, 2.75) is 57.5 Å². The van der Waals surface area contributed by atoms with Gasteiger partial charge in [0.05, 0.1) is 12.2 Å². The van der Waals surface area contributed by atoms with Gasteiger partial charge in [0.1, 0.15) is 11.6 Å².